The summed E-state index contributed by atoms with van der Waals surface area (Å²) >= 11 is 0. The Kier molecular flexibility index (Phi) is 4.15. The number of hydrogen-bond acceptors (Lipinski definition) is 3. The van der Waals surface area contributed by atoms with E-state index < -0.39 is 0 Å². The first kappa shape index (κ1) is 12.6. The third-order valence-electron chi connectivity index (χ3n) is 3.41. The van der Waals surface area contributed by atoms with E-state index in [1.54, 1.807) is 6.33 Å². The molecule has 1 atom stereocenters. The lowest BCUT2D eigenvalue weighted by atomic mass is 10.1. The number of rotatable bonds is 7. The van der Waals surface area contributed by atoms with Crippen LogP contribution in [0.4, 0.5) is 0 Å². The van der Waals surface area contributed by atoms with Gasteiger partial charge in [0.2, 0.25) is 0 Å². The lowest BCUT2D eigenvalue weighted by Gasteiger charge is -2.12. The molecular formula is C13H24N4. The fourth-order valence-electron chi connectivity index (χ4n) is 2.17. The molecule has 1 aromatic heterocycles. The van der Waals surface area contributed by atoms with Gasteiger partial charge in [-0.15, -0.1) is 0 Å². The first-order chi connectivity index (χ1) is 8.16. The van der Waals surface area contributed by atoms with Crippen LogP contribution in [-0.2, 0) is 13.1 Å². The van der Waals surface area contributed by atoms with Crippen molar-refractivity contribution >= 4 is 0 Å². The SMILES string of the molecule is CC(C)Cn1ncnc1CNCC(C)C1CC1. The van der Waals surface area contributed by atoms with Crippen LogP contribution in [0.25, 0.3) is 0 Å². The zero-order valence-corrected chi connectivity index (χ0v) is 11.2. The smallest absolute Gasteiger partial charge is 0.140 e. The summed E-state index contributed by atoms with van der Waals surface area (Å²) in [6, 6.07) is 0. The van der Waals surface area contributed by atoms with Gasteiger partial charge in [0.15, 0.2) is 0 Å². The van der Waals surface area contributed by atoms with Crippen LogP contribution in [0.3, 0.4) is 0 Å². The topological polar surface area (TPSA) is 42.7 Å². The Labute approximate surface area is 104 Å². The molecule has 1 aromatic rings. The van der Waals surface area contributed by atoms with Gasteiger partial charge in [-0.3, -0.25) is 0 Å². The molecule has 1 aliphatic carbocycles. The summed E-state index contributed by atoms with van der Waals surface area (Å²) in [5.74, 6) is 3.44. The Morgan fingerprint density at radius 1 is 1.41 bits per heavy atom. The van der Waals surface area contributed by atoms with E-state index in [0.717, 1.165) is 37.3 Å². The van der Waals surface area contributed by atoms with E-state index in [-0.39, 0.29) is 0 Å². The maximum atomic E-state index is 4.32. The Hall–Kier alpha value is -0.900. The molecule has 1 saturated carbocycles. The van der Waals surface area contributed by atoms with E-state index in [1.165, 1.54) is 12.8 Å². The van der Waals surface area contributed by atoms with Crippen LogP contribution >= 0.6 is 0 Å². The highest BCUT2D eigenvalue weighted by molar-refractivity contribution is 4.85. The second-order valence-corrected chi connectivity index (χ2v) is 5.70. The van der Waals surface area contributed by atoms with Gasteiger partial charge in [0.1, 0.15) is 12.2 Å². The number of hydrogen-bond donors (Lipinski definition) is 1. The Balaban J connectivity index is 1.75. The summed E-state index contributed by atoms with van der Waals surface area (Å²) in [4.78, 5) is 4.32. The van der Waals surface area contributed by atoms with Crippen LogP contribution < -0.4 is 5.32 Å². The monoisotopic (exact) mass is 236 g/mol. The number of aromatic nitrogens is 3. The first-order valence-electron chi connectivity index (χ1n) is 6.74. The summed E-state index contributed by atoms with van der Waals surface area (Å²) in [6.07, 6.45) is 4.50. The fourth-order valence-corrected chi connectivity index (χ4v) is 2.17. The molecule has 0 radical (unpaired) electrons. The van der Waals surface area contributed by atoms with Crippen LogP contribution in [0.15, 0.2) is 6.33 Å². The van der Waals surface area contributed by atoms with Gasteiger partial charge in [-0.25, -0.2) is 9.67 Å². The van der Waals surface area contributed by atoms with Gasteiger partial charge in [0.25, 0.3) is 0 Å². The van der Waals surface area contributed by atoms with Crippen molar-refractivity contribution in [1.82, 2.24) is 20.1 Å². The van der Waals surface area contributed by atoms with Gasteiger partial charge in [0.05, 0.1) is 6.54 Å². The minimum absolute atomic E-state index is 0.612. The summed E-state index contributed by atoms with van der Waals surface area (Å²) in [6.45, 7) is 9.63. The molecule has 1 unspecified atom stereocenters. The molecule has 0 aromatic carbocycles. The highest BCUT2D eigenvalue weighted by atomic mass is 15.3. The van der Waals surface area contributed by atoms with Crippen molar-refractivity contribution in [2.75, 3.05) is 6.54 Å². The van der Waals surface area contributed by atoms with Crippen molar-refractivity contribution in [1.29, 1.82) is 0 Å². The lowest BCUT2D eigenvalue weighted by molar-refractivity contribution is 0.431. The third-order valence-corrected chi connectivity index (χ3v) is 3.41. The Bertz CT molecular complexity index is 341. The van der Waals surface area contributed by atoms with E-state index in [2.05, 4.69) is 36.2 Å². The standard InChI is InChI=1S/C13H24N4/c1-10(2)8-17-13(15-9-16-17)7-14-6-11(3)12-4-5-12/h9-12,14H,4-8H2,1-3H3. The van der Waals surface area contributed by atoms with Gasteiger partial charge in [-0.05, 0) is 37.1 Å². The van der Waals surface area contributed by atoms with Gasteiger partial charge in [0, 0.05) is 6.54 Å². The van der Waals surface area contributed by atoms with Crippen molar-refractivity contribution in [3.8, 4) is 0 Å². The maximum Gasteiger partial charge on any atom is 0.140 e. The summed E-state index contributed by atoms with van der Waals surface area (Å²) < 4.78 is 2.01. The predicted octanol–water partition coefficient (Wildman–Crippen LogP) is 2.07. The van der Waals surface area contributed by atoms with E-state index in [0.29, 0.717) is 5.92 Å². The van der Waals surface area contributed by atoms with Crippen LogP contribution in [-0.4, -0.2) is 21.3 Å². The Morgan fingerprint density at radius 2 is 2.18 bits per heavy atom. The van der Waals surface area contributed by atoms with Crippen LogP contribution in [0.2, 0.25) is 0 Å². The van der Waals surface area contributed by atoms with Crippen molar-refractivity contribution in [2.45, 2.75) is 46.7 Å². The normalized spacial score (nSPS) is 17.6. The number of nitrogens with zero attached hydrogens (tertiary/aromatic N) is 3. The molecule has 4 heteroatoms. The Morgan fingerprint density at radius 3 is 2.82 bits per heavy atom. The largest absolute Gasteiger partial charge is 0.310 e. The molecule has 4 nitrogen and oxygen atoms in total. The average Bonchev–Trinajstić information content (AvgIpc) is 3.03. The van der Waals surface area contributed by atoms with Crippen molar-refractivity contribution in [3.63, 3.8) is 0 Å². The molecule has 0 spiro atoms. The molecule has 1 fully saturated rings. The zero-order chi connectivity index (χ0) is 12.3. The molecule has 1 heterocycles. The van der Waals surface area contributed by atoms with Gasteiger partial charge in [-0.1, -0.05) is 20.8 Å². The average molecular weight is 236 g/mol. The van der Waals surface area contributed by atoms with Crippen LogP contribution in [0.5, 0.6) is 0 Å². The highest BCUT2D eigenvalue weighted by Crippen LogP contribution is 2.36. The summed E-state index contributed by atoms with van der Waals surface area (Å²) in [5.41, 5.74) is 0. The lowest BCUT2D eigenvalue weighted by Crippen LogP contribution is -2.24. The van der Waals surface area contributed by atoms with E-state index in [9.17, 15) is 0 Å². The quantitative estimate of drug-likeness (QED) is 0.788. The molecular weight excluding hydrogens is 212 g/mol. The maximum absolute atomic E-state index is 4.32. The molecule has 0 bridgehead atoms. The molecule has 0 aliphatic heterocycles. The van der Waals surface area contributed by atoms with Gasteiger partial charge in [-0.2, -0.15) is 5.10 Å². The molecule has 0 amide bonds. The molecule has 17 heavy (non-hydrogen) atoms. The first-order valence-corrected chi connectivity index (χ1v) is 6.74. The van der Waals surface area contributed by atoms with Crippen LogP contribution in [0, 0.1) is 17.8 Å². The van der Waals surface area contributed by atoms with E-state index in [4.69, 9.17) is 0 Å². The zero-order valence-electron chi connectivity index (χ0n) is 11.2. The fraction of sp³-hybridized carbons (Fsp3) is 0.846. The summed E-state index contributed by atoms with van der Waals surface area (Å²) in [5, 5.41) is 7.77. The second kappa shape index (κ2) is 5.63. The van der Waals surface area contributed by atoms with Crippen molar-refractivity contribution in [2.24, 2.45) is 17.8 Å². The second-order valence-electron chi connectivity index (χ2n) is 5.70. The molecule has 1 N–H and O–H groups in total. The van der Waals surface area contributed by atoms with Crippen molar-refractivity contribution in [3.05, 3.63) is 12.2 Å². The van der Waals surface area contributed by atoms with Gasteiger partial charge < -0.3 is 5.32 Å². The van der Waals surface area contributed by atoms with Crippen LogP contribution in [0.1, 0.15) is 39.4 Å². The molecule has 2 rings (SSSR count). The molecule has 0 saturated heterocycles. The third kappa shape index (κ3) is 3.80. The summed E-state index contributed by atoms with van der Waals surface area (Å²) in [7, 11) is 0. The van der Waals surface area contributed by atoms with Gasteiger partial charge >= 0.3 is 0 Å². The van der Waals surface area contributed by atoms with Crippen molar-refractivity contribution < 1.29 is 0 Å². The molecule has 1 aliphatic rings. The minimum Gasteiger partial charge on any atom is -0.310 e. The molecule has 96 valence electrons. The number of nitrogens with one attached hydrogen (secondary N) is 1. The predicted molar refractivity (Wildman–Crippen MR) is 68.5 cm³/mol. The van der Waals surface area contributed by atoms with E-state index in [1.807, 2.05) is 4.68 Å². The van der Waals surface area contributed by atoms with E-state index >= 15 is 0 Å². The minimum atomic E-state index is 0.612. The highest BCUT2D eigenvalue weighted by Gasteiger charge is 2.27.